The van der Waals surface area contributed by atoms with Crippen LogP contribution in [0.15, 0.2) is 54.6 Å². The van der Waals surface area contributed by atoms with Crippen LogP contribution in [0.2, 0.25) is 0 Å². The van der Waals surface area contributed by atoms with Gasteiger partial charge in [0.05, 0.1) is 12.8 Å². The summed E-state index contributed by atoms with van der Waals surface area (Å²) in [6.07, 6.45) is 6.53. The number of nitrogen functional groups attached to an aromatic ring is 1. The number of likely N-dealkylation sites (tertiary alicyclic amines) is 1. The van der Waals surface area contributed by atoms with Crippen LogP contribution in [-0.2, 0) is 6.54 Å². The number of anilines is 1. The summed E-state index contributed by atoms with van der Waals surface area (Å²) >= 11 is 0. The number of nitrogens with zero attached hydrogens (tertiary/aromatic N) is 2. The van der Waals surface area contributed by atoms with Crippen molar-refractivity contribution < 1.29 is 14.3 Å². The molecule has 2 N–H and O–H groups in total. The van der Waals surface area contributed by atoms with Gasteiger partial charge in [-0.05, 0) is 118 Å². The molecule has 3 aromatic rings. The second-order valence-corrected chi connectivity index (χ2v) is 13.0. The lowest BCUT2D eigenvalue weighted by molar-refractivity contribution is 0.0726. The van der Waals surface area contributed by atoms with Crippen molar-refractivity contribution in [1.29, 1.82) is 0 Å². The summed E-state index contributed by atoms with van der Waals surface area (Å²) in [5, 5.41) is 0. The smallest absolute Gasteiger partial charge is 0.254 e. The summed E-state index contributed by atoms with van der Waals surface area (Å²) in [7, 11) is 1.67. The van der Waals surface area contributed by atoms with Gasteiger partial charge < -0.3 is 25.0 Å². The summed E-state index contributed by atoms with van der Waals surface area (Å²) in [5.74, 6) is 3.87. The van der Waals surface area contributed by atoms with Gasteiger partial charge in [0.2, 0.25) is 0 Å². The molecule has 2 atom stereocenters. The van der Waals surface area contributed by atoms with E-state index in [2.05, 4.69) is 45.6 Å². The van der Waals surface area contributed by atoms with E-state index in [0.29, 0.717) is 30.1 Å². The molecule has 1 amide bonds. The number of rotatable bonds is 13. The zero-order valence-electron chi connectivity index (χ0n) is 37.1. The summed E-state index contributed by atoms with van der Waals surface area (Å²) in [6, 6.07) is 17.3. The normalized spacial score (nSPS) is 12.6. The van der Waals surface area contributed by atoms with Gasteiger partial charge in [-0.15, -0.1) is 0 Å². The zero-order chi connectivity index (χ0) is 40.9. The Morgan fingerprint density at radius 1 is 0.774 bits per heavy atom. The monoisotopic (exact) mass is 736 g/mol. The molecule has 0 spiro atoms. The third-order valence-corrected chi connectivity index (χ3v) is 9.14. The van der Waals surface area contributed by atoms with E-state index in [1.165, 1.54) is 37.7 Å². The lowest BCUT2D eigenvalue weighted by Gasteiger charge is -2.27. The van der Waals surface area contributed by atoms with E-state index in [0.717, 1.165) is 59.7 Å². The van der Waals surface area contributed by atoms with Crippen molar-refractivity contribution in [3.63, 3.8) is 0 Å². The average Bonchev–Trinajstić information content (AvgIpc) is 3.73. The molecule has 0 bridgehead atoms. The zero-order valence-corrected chi connectivity index (χ0v) is 37.1. The molecule has 4 rings (SSSR count). The molecule has 3 aromatic carbocycles. The maximum atomic E-state index is 13.7. The van der Waals surface area contributed by atoms with E-state index in [4.69, 9.17) is 15.2 Å². The number of amides is 1. The van der Waals surface area contributed by atoms with Crippen molar-refractivity contribution in [2.45, 2.75) is 143 Å². The summed E-state index contributed by atoms with van der Waals surface area (Å²) in [4.78, 5) is 18.0. The van der Waals surface area contributed by atoms with Crippen LogP contribution >= 0.6 is 0 Å². The van der Waals surface area contributed by atoms with E-state index in [-0.39, 0.29) is 5.91 Å². The fraction of sp³-hybridized carbons (Fsp3) is 0.596. The van der Waals surface area contributed by atoms with Crippen LogP contribution < -0.4 is 15.2 Å². The van der Waals surface area contributed by atoms with E-state index in [1.54, 1.807) is 25.3 Å². The fourth-order valence-corrected chi connectivity index (χ4v) is 5.59. The lowest BCUT2D eigenvalue weighted by Crippen LogP contribution is -2.37. The molecule has 0 aliphatic carbocycles. The van der Waals surface area contributed by atoms with Crippen LogP contribution in [0.5, 0.6) is 17.2 Å². The fourth-order valence-electron chi connectivity index (χ4n) is 5.59. The highest BCUT2D eigenvalue weighted by molar-refractivity contribution is 5.95. The Bertz CT molecular complexity index is 1360. The number of carbonyl (C=O) groups excluding carboxylic acids is 1. The van der Waals surface area contributed by atoms with E-state index in [9.17, 15) is 4.79 Å². The molecule has 0 saturated carbocycles. The first-order valence-corrected chi connectivity index (χ1v) is 20.8. The number of methoxy groups -OCH3 is 1. The molecule has 1 fully saturated rings. The van der Waals surface area contributed by atoms with Crippen LogP contribution in [0.3, 0.4) is 0 Å². The van der Waals surface area contributed by atoms with Crippen molar-refractivity contribution in [2.24, 2.45) is 11.8 Å². The van der Waals surface area contributed by atoms with Crippen molar-refractivity contribution in [2.75, 3.05) is 39.0 Å². The molecule has 0 aromatic heterocycles. The van der Waals surface area contributed by atoms with Crippen LogP contribution in [0, 0.1) is 32.6 Å². The van der Waals surface area contributed by atoms with Crippen molar-refractivity contribution in [3.8, 4) is 17.2 Å². The van der Waals surface area contributed by atoms with Gasteiger partial charge in [-0.3, -0.25) is 4.79 Å². The van der Waals surface area contributed by atoms with Gasteiger partial charge in [-0.2, -0.15) is 0 Å². The molecular formula is C47H81N3O3. The number of aryl methyl sites for hydroxylation is 3. The van der Waals surface area contributed by atoms with Gasteiger partial charge in [0.25, 0.3) is 5.91 Å². The van der Waals surface area contributed by atoms with Crippen molar-refractivity contribution in [1.82, 2.24) is 9.80 Å². The Kier molecular flexibility index (Phi) is 30.1. The van der Waals surface area contributed by atoms with Gasteiger partial charge in [-0.25, -0.2) is 0 Å². The maximum Gasteiger partial charge on any atom is 0.254 e. The van der Waals surface area contributed by atoms with Gasteiger partial charge in [-0.1, -0.05) is 114 Å². The van der Waals surface area contributed by atoms with Crippen LogP contribution in [-0.4, -0.2) is 49.0 Å². The molecule has 6 heteroatoms. The second kappa shape index (κ2) is 30.9. The molecule has 6 nitrogen and oxygen atoms in total. The quantitative estimate of drug-likeness (QED) is 0.177. The minimum absolute atomic E-state index is 0.0544. The molecule has 1 aliphatic heterocycles. The largest absolute Gasteiger partial charge is 0.496 e. The lowest BCUT2D eigenvalue weighted by atomic mass is 9.94. The highest BCUT2D eigenvalue weighted by atomic mass is 16.5. The maximum absolute atomic E-state index is 13.7. The molecule has 1 saturated heterocycles. The van der Waals surface area contributed by atoms with Gasteiger partial charge >= 0.3 is 0 Å². The SMILES string of the molecule is CC.CC.CC.CC.CCC(C)C[C@@H](C)CC.COc1cc(C)ccc1CN(CCN1CCCC1)C(=O)c1ccc(Oc2ccc(C)c(C)c2)c(N)c1. The highest BCUT2D eigenvalue weighted by Crippen LogP contribution is 2.30. The van der Waals surface area contributed by atoms with Gasteiger partial charge in [0, 0.05) is 30.8 Å². The minimum atomic E-state index is -0.0544. The number of benzene rings is 3. The topological polar surface area (TPSA) is 68.0 Å². The molecule has 1 unspecified atom stereocenters. The average molecular weight is 736 g/mol. The molecule has 1 aliphatic rings. The standard InChI is InChI=1S/C30H37N3O3.C9H20.4C2H6/c1-21-7-9-25(29(17-21)35-4)20-33(16-15-32-13-5-6-14-32)30(34)24-10-12-28(27(31)19-24)36-26-11-8-22(2)23(3)18-26;1-5-8(3)7-9(4)6-2;4*1-2/h7-12,17-19H,5-6,13-16,20,31H2,1-4H3;8-9H,5-7H2,1-4H3;4*1-2H3/t;8-,9?;;;;/m.0..../s1. The van der Waals surface area contributed by atoms with Gasteiger partial charge in [0.1, 0.15) is 17.2 Å². The van der Waals surface area contributed by atoms with Crippen LogP contribution in [0.4, 0.5) is 5.69 Å². The summed E-state index contributed by atoms with van der Waals surface area (Å²) in [6.45, 7) is 35.5. The summed E-state index contributed by atoms with van der Waals surface area (Å²) in [5.41, 5.74) is 11.8. The number of hydrogen-bond acceptors (Lipinski definition) is 5. The van der Waals surface area contributed by atoms with Crippen molar-refractivity contribution in [3.05, 3.63) is 82.4 Å². The Morgan fingerprint density at radius 2 is 1.36 bits per heavy atom. The third kappa shape index (κ3) is 19.4. The molecule has 53 heavy (non-hydrogen) atoms. The molecule has 302 valence electrons. The van der Waals surface area contributed by atoms with E-state index >= 15 is 0 Å². The van der Waals surface area contributed by atoms with Crippen molar-refractivity contribution >= 4 is 11.6 Å². The third-order valence-electron chi connectivity index (χ3n) is 9.14. The predicted molar refractivity (Wildman–Crippen MR) is 234 cm³/mol. The van der Waals surface area contributed by atoms with Gasteiger partial charge in [0.15, 0.2) is 0 Å². The number of carbonyl (C=O) groups is 1. The van der Waals surface area contributed by atoms with E-state index in [1.807, 2.05) is 104 Å². The molecular weight excluding hydrogens is 655 g/mol. The second-order valence-electron chi connectivity index (χ2n) is 13.0. The Hall–Kier alpha value is -3.51. The van der Waals surface area contributed by atoms with Crippen LogP contribution in [0.1, 0.15) is 148 Å². The molecule has 1 heterocycles. The highest BCUT2D eigenvalue weighted by Gasteiger charge is 2.21. The van der Waals surface area contributed by atoms with Crippen LogP contribution in [0.25, 0.3) is 0 Å². The Labute approximate surface area is 327 Å². The summed E-state index contributed by atoms with van der Waals surface area (Å²) < 4.78 is 11.6. The van der Waals surface area contributed by atoms with E-state index < -0.39 is 0 Å². The number of nitrogens with two attached hydrogens (primary N) is 1. The predicted octanol–water partition coefficient (Wildman–Crippen LogP) is 13.3. The minimum Gasteiger partial charge on any atom is -0.496 e. The number of ether oxygens (including phenoxy) is 2. The Balaban J connectivity index is 0. The first-order valence-electron chi connectivity index (χ1n) is 20.8. The number of hydrogen-bond donors (Lipinski definition) is 1. The molecule has 0 radical (unpaired) electrons. The first-order chi connectivity index (χ1) is 25.5. The first kappa shape index (κ1) is 51.6. The Morgan fingerprint density at radius 3 is 1.87 bits per heavy atom.